The first-order valence-electron chi connectivity index (χ1n) is 6.73. The topological polar surface area (TPSA) is 106 Å². The molecule has 0 unspecified atom stereocenters. The van der Waals surface area contributed by atoms with Gasteiger partial charge in [-0.1, -0.05) is 0 Å². The van der Waals surface area contributed by atoms with Crippen molar-refractivity contribution in [2.24, 2.45) is 12.8 Å². The van der Waals surface area contributed by atoms with E-state index in [9.17, 15) is 18.3 Å². The molecule has 1 saturated carbocycles. The summed E-state index contributed by atoms with van der Waals surface area (Å²) in [4.78, 5) is 11.3. The molecule has 0 radical (unpaired) electrons. The molecule has 0 spiro atoms. The van der Waals surface area contributed by atoms with Crippen molar-refractivity contribution < 1.29 is 18.3 Å². The Balaban J connectivity index is 2.39. The third-order valence-electron chi connectivity index (χ3n) is 3.34. The minimum atomic E-state index is -3.76. The van der Waals surface area contributed by atoms with E-state index >= 15 is 0 Å². The van der Waals surface area contributed by atoms with Crippen LogP contribution in [-0.4, -0.2) is 46.5 Å². The van der Waals surface area contributed by atoms with Gasteiger partial charge in [0.1, 0.15) is 10.6 Å². The Morgan fingerprint density at radius 2 is 2.10 bits per heavy atom. The summed E-state index contributed by atoms with van der Waals surface area (Å²) in [6.07, 6.45) is 2.94. The standard InChI is InChI=1S/C13H21N3O4S/c1-13(2,18)8-16(9-4-5-9)21(19,20)10-6-11(12(14)17)15(3)7-10/h6-7,9,18H,4-5,8H2,1-3H3,(H2,14,17). The molecule has 1 fully saturated rings. The molecule has 3 N–H and O–H groups in total. The fourth-order valence-corrected chi connectivity index (χ4v) is 4.12. The second-order valence-electron chi connectivity index (χ2n) is 6.13. The molecule has 8 heteroatoms. The molecule has 21 heavy (non-hydrogen) atoms. The highest BCUT2D eigenvalue weighted by atomic mass is 32.2. The van der Waals surface area contributed by atoms with Crippen LogP contribution in [0.2, 0.25) is 0 Å². The van der Waals surface area contributed by atoms with Crippen LogP contribution in [0.4, 0.5) is 0 Å². The van der Waals surface area contributed by atoms with Crippen molar-refractivity contribution in [2.75, 3.05) is 6.54 Å². The lowest BCUT2D eigenvalue weighted by Crippen LogP contribution is -2.43. The molecule has 0 aliphatic heterocycles. The number of carbonyl (C=O) groups is 1. The van der Waals surface area contributed by atoms with Crippen molar-refractivity contribution in [1.29, 1.82) is 0 Å². The molecule has 0 saturated heterocycles. The minimum Gasteiger partial charge on any atom is -0.389 e. The van der Waals surface area contributed by atoms with Crippen LogP contribution in [0, 0.1) is 0 Å². The summed E-state index contributed by atoms with van der Waals surface area (Å²) in [7, 11) is -2.20. The highest BCUT2D eigenvalue weighted by Crippen LogP contribution is 2.33. The van der Waals surface area contributed by atoms with E-state index in [1.807, 2.05) is 0 Å². The van der Waals surface area contributed by atoms with Crippen LogP contribution in [0.1, 0.15) is 37.2 Å². The summed E-state index contributed by atoms with van der Waals surface area (Å²) in [6, 6.07) is 1.19. The van der Waals surface area contributed by atoms with Gasteiger partial charge in [-0.2, -0.15) is 4.31 Å². The SMILES string of the molecule is Cn1cc(S(=O)(=O)N(CC(C)(C)O)C2CC2)cc1C(N)=O. The Kier molecular flexibility index (Phi) is 3.90. The zero-order chi connectivity index (χ0) is 16.0. The molecule has 1 aromatic rings. The Labute approximate surface area is 124 Å². The highest BCUT2D eigenvalue weighted by molar-refractivity contribution is 7.89. The normalized spacial score (nSPS) is 16.4. The van der Waals surface area contributed by atoms with Crippen LogP contribution in [-0.2, 0) is 17.1 Å². The summed E-state index contributed by atoms with van der Waals surface area (Å²) in [5.74, 6) is -0.681. The number of aliphatic hydroxyl groups is 1. The average molecular weight is 315 g/mol. The van der Waals surface area contributed by atoms with Crippen molar-refractivity contribution in [2.45, 2.75) is 43.2 Å². The first kappa shape index (κ1) is 16.0. The fraction of sp³-hybridized carbons (Fsp3) is 0.615. The molecule has 1 aromatic heterocycles. The van der Waals surface area contributed by atoms with Crippen molar-refractivity contribution in [3.8, 4) is 0 Å². The second kappa shape index (κ2) is 5.11. The molecule has 0 bridgehead atoms. The van der Waals surface area contributed by atoms with E-state index < -0.39 is 21.5 Å². The van der Waals surface area contributed by atoms with Gasteiger partial charge in [-0.3, -0.25) is 4.79 Å². The number of aryl methyl sites for hydroxylation is 1. The van der Waals surface area contributed by atoms with Gasteiger partial charge in [0.25, 0.3) is 5.91 Å². The van der Waals surface area contributed by atoms with Crippen LogP contribution < -0.4 is 5.73 Å². The predicted octanol–water partition coefficient (Wildman–Crippen LogP) is 0.0480. The summed E-state index contributed by atoms with van der Waals surface area (Å²) in [6.45, 7) is 3.15. The summed E-state index contributed by atoms with van der Waals surface area (Å²) in [5.41, 5.74) is 4.22. The number of rotatable bonds is 6. The first-order valence-corrected chi connectivity index (χ1v) is 8.17. The van der Waals surface area contributed by atoms with Crippen molar-refractivity contribution in [3.05, 3.63) is 18.0 Å². The largest absolute Gasteiger partial charge is 0.389 e. The average Bonchev–Trinajstić information content (AvgIpc) is 3.06. The van der Waals surface area contributed by atoms with Gasteiger partial charge in [0.2, 0.25) is 10.0 Å². The second-order valence-corrected chi connectivity index (χ2v) is 8.02. The van der Waals surface area contributed by atoms with Gasteiger partial charge >= 0.3 is 0 Å². The quantitative estimate of drug-likeness (QED) is 0.773. The predicted molar refractivity (Wildman–Crippen MR) is 77.1 cm³/mol. The van der Waals surface area contributed by atoms with E-state index in [4.69, 9.17) is 5.73 Å². The molecule has 1 aliphatic carbocycles. The first-order chi connectivity index (χ1) is 9.52. The summed E-state index contributed by atoms with van der Waals surface area (Å²) in [5, 5.41) is 9.94. The maximum absolute atomic E-state index is 12.7. The van der Waals surface area contributed by atoms with Crippen molar-refractivity contribution in [3.63, 3.8) is 0 Å². The molecule has 1 amide bonds. The Hall–Kier alpha value is -1.38. The Morgan fingerprint density at radius 3 is 2.48 bits per heavy atom. The Bertz CT molecular complexity index is 653. The van der Waals surface area contributed by atoms with Gasteiger partial charge in [0, 0.05) is 25.8 Å². The zero-order valence-electron chi connectivity index (χ0n) is 12.4. The summed E-state index contributed by atoms with van der Waals surface area (Å²) >= 11 is 0. The molecule has 0 atom stereocenters. The van der Waals surface area contributed by atoms with E-state index in [-0.39, 0.29) is 23.2 Å². The zero-order valence-corrected chi connectivity index (χ0v) is 13.2. The molecule has 1 aliphatic rings. The molecular formula is C13H21N3O4S. The Morgan fingerprint density at radius 1 is 1.52 bits per heavy atom. The van der Waals surface area contributed by atoms with E-state index in [1.54, 1.807) is 20.9 Å². The smallest absolute Gasteiger partial charge is 0.265 e. The van der Waals surface area contributed by atoms with Crippen LogP contribution >= 0.6 is 0 Å². The number of nitrogens with two attached hydrogens (primary N) is 1. The van der Waals surface area contributed by atoms with E-state index in [2.05, 4.69) is 0 Å². The van der Waals surface area contributed by atoms with E-state index in [0.29, 0.717) is 0 Å². The monoisotopic (exact) mass is 315 g/mol. The van der Waals surface area contributed by atoms with E-state index in [0.717, 1.165) is 12.8 Å². The lowest BCUT2D eigenvalue weighted by atomic mass is 10.1. The molecule has 118 valence electrons. The van der Waals surface area contributed by atoms with Gasteiger partial charge in [0.15, 0.2) is 0 Å². The fourth-order valence-electron chi connectivity index (χ4n) is 2.21. The van der Waals surface area contributed by atoms with Gasteiger partial charge in [-0.05, 0) is 32.8 Å². The highest BCUT2D eigenvalue weighted by Gasteiger charge is 2.41. The van der Waals surface area contributed by atoms with Crippen molar-refractivity contribution >= 4 is 15.9 Å². The number of nitrogens with zero attached hydrogens (tertiary/aromatic N) is 2. The number of hydrogen-bond acceptors (Lipinski definition) is 4. The lowest BCUT2D eigenvalue weighted by Gasteiger charge is -2.28. The lowest BCUT2D eigenvalue weighted by molar-refractivity contribution is 0.0575. The summed E-state index contributed by atoms with van der Waals surface area (Å²) < 4.78 is 28.2. The van der Waals surface area contributed by atoms with Gasteiger partial charge in [-0.25, -0.2) is 8.42 Å². The third-order valence-corrected chi connectivity index (χ3v) is 5.20. The van der Waals surface area contributed by atoms with Gasteiger partial charge in [0.05, 0.1) is 5.60 Å². The number of aromatic nitrogens is 1. The molecular weight excluding hydrogens is 294 g/mol. The van der Waals surface area contributed by atoms with Crippen LogP contribution in [0.3, 0.4) is 0 Å². The maximum Gasteiger partial charge on any atom is 0.265 e. The molecule has 0 aromatic carbocycles. The third kappa shape index (κ3) is 3.45. The maximum atomic E-state index is 12.7. The molecule has 1 heterocycles. The number of carbonyl (C=O) groups excluding carboxylic acids is 1. The van der Waals surface area contributed by atoms with Crippen LogP contribution in [0.5, 0.6) is 0 Å². The number of sulfonamides is 1. The molecule has 7 nitrogen and oxygen atoms in total. The number of primary amides is 1. The van der Waals surface area contributed by atoms with Crippen LogP contribution in [0.25, 0.3) is 0 Å². The molecule has 2 rings (SSSR count). The van der Waals surface area contributed by atoms with Crippen molar-refractivity contribution in [1.82, 2.24) is 8.87 Å². The number of hydrogen-bond donors (Lipinski definition) is 2. The van der Waals surface area contributed by atoms with Gasteiger partial charge in [-0.15, -0.1) is 0 Å². The minimum absolute atomic E-state index is 0.0147. The number of amides is 1. The van der Waals surface area contributed by atoms with E-state index in [1.165, 1.54) is 21.1 Å². The van der Waals surface area contributed by atoms with Crippen LogP contribution in [0.15, 0.2) is 17.2 Å². The van der Waals surface area contributed by atoms with Gasteiger partial charge < -0.3 is 15.4 Å².